The van der Waals surface area contributed by atoms with E-state index in [-0.39, 0.29) is 18.9 Å². The predicted octanol–water partition coefficient (Wildman–Crippen LogP) is 1.60. The first-order chi connectivity index (χ1) is 10.0. The molecule has 1 amide bonds. The number of carbonyl (C=O) groups excluding carboxylic acids is 1. The second kappa shape index (κ2) is 6.49. The molecule has 2 aromatic heterocycles. The molecule has 0 unspecified atom stereocenters. The van der Waals surface area contributed by atoms with Crippen molar-refractivity contribution in [2.45, 2.75) is 20.3 Å². The first-order valence-electron chi connectivity index (χ1n) is 6.41. The summed E-state index contributed by atoms with van der Waals surface area (Å²) >= 11 is 1.24. The summed E-state index contributed by atoms with van der Waals surface area (Å²) < 4.78 is 5.45. The van der Waals surface area contributed by atoms with Crippen LogP contribution in [-0.2, 0) is 4.79 Å². The number of amides is 1. The average Bonchev–Trinajstić information content (AvgIpc) is 2.77. The largest absolute Gasteiger partial charge is 0.481 e. The molecule has 0 saturated carbocycles. The second-order valence-corrected chi connectivity index (χ2v) is 5.25. The second-order valence-electron chi connectivity index (χ2n) is 4.25. The van der Waals surface area contributed by atoms with Gasteiger partial charge in [0.1, 0.15) is 11.2 Å². The number of aryl methyl sites for hydroxylation is 1. The summed E-state index contributed by atoms with van der Waals surface area (Å²) in [5, 5.41) is 11.9. The number of aromatic nitrogens is 2. The van der Waals surface area contributed by atoms with Crippen molar-refractivity contribution in [2.75, 3.05) is 13.2 Å². The highest BCUT2D eigenvalue weighted by molar-refractivity contribution is 7.20. The average molecular weight is 309 g/mol. The fraction of sp³-hybridized carbons (Fsp3) is 0.385. The fourth-order valence-electron chi connectivity index (χ4n) is 1.87. The van der Waals surface area contributed by atoms with Gasteiger partial charge < -0.3 is 15.2 Å². The molecule has 2 N–H and O–H groups in total. The zero-order chi connectivity index (χ0) is 15.4. The molecular formula is C13H15N3O4S. The summed E-state index contributed by atoms with van der Waals surface area (Å²) in [5.74, 6) is -0.798. The van der Waals surface area contributed by atoms with Crippen molar-refractivity contribution in [3.63, 3.8) is 0 Å². The minimum Gasteiger partial charge on any atom is -0.481 e. The Bertz CT molecular complexity index is 683. The molecular weight excluding hydrogens is 294 g/mol. The van der Waals surface area contributed by atoms with Gasteiger partial charge in [0.05, 0.1) is 23.3 Å². The highest BCUT2D eigenvalue weighted by atomic mass is 32.1. The number of hydrogen-bond donors (Lipinski definition) is 2. The van der Waals surface area contributed by atoms with Crippen LogP contribution in [0.4, 0.5) is 0 Å². The number of thiophene rings is 1. The Labute approximate surface area is 125 Å². The van der Waals surface area contributed by atoms with E-state index in [2.05, 4.69) is 15.3 Å². The van der Waals surface area contributed by atoms with E-state index in [1.54, 1.807) is 6.92 Å². The van der Waals surface area contributed by atoms with Gasteiger partial charge in [0.2, 0.25) is 5.88 Å². The summed E-state index contributed by atoms with van der Waals surface area (Å²) in [4.78, 5) is 32.0. The van der Waals surface area contributed by atoms with E-state index < -0.39 is 5.97 Å². The van der Waals surface area contributed by atoms with Crippen molar-refractivity contribution in [1.29, 1.82) is 0 Å². The molecule has 2 heterocycles. The van der Waals surface area contributed by atoms with Crippen LogP contribution in [0.5, 0.6) is 5.88 Å². The molecule has 0 bridgehead atoms. The van der Waals surface area contributed by atoms with Crippen LogP contribution in [0.15, 0.2) is 6.33 Å². The van der Waals surface area contributed by atoms with Crippen LogP contribution in [0.25, 0.3) is 10.2 Å². The Morgan fingerprint density at radius 1 is 1.43 bits per heavy atom. The lowest BCUT2D eigenvalue weighted by atomic mass is 10.2. The highest BCUT2D eigenvalue weighted by Crippen LogP contribution is 2.34. The summed E-state index contributed by atoms with van der Waals surface area (Å²) in [6.45, 7) is 4.22. The normalized spacial score (nSPS) is 10.6. The lowest BCUT2D eigenvalue weighted by Crippen LogP contribution is -2.25. The monoisotopic (exact) mass is 309 g/mol. The summed E-state index contributed by atoms with van der Waals surface area (Å²) in [5.41, 5.74) is 0.742. The SMILES string of the molecule is CCOc1ncnc2sc(C(=O)NCCC(=O)O)c(C)c12. The molecule has 0 aliphatic heterocycles. The third kappa shape index (κ3) is 3.27. The molecule has 2 rings (SSSR count). The quantitative estimate of drug-likeness (QED) is 0.840. The van der Waals surface area contributed by atoms with Crippen LogP contribution in [0, 0.1) is 6.92 Å². The van der Waals surface area contributed by atoms with E-state index in [0.29, 0.717) is 22.2 Å². The van der Waals surface area contributed by atoms with Crippen molar-refractivity contribution in [3.05, 3.63) is 16.8 Å². The van der Waals surface area contributed by atoms with Crippen LogP contribution in [0.3, 0.4) is 0 Å². The van der Waals surface area contributed by atoms with Gasteiger partial charge >= 0.3 is 5.97 Å². The van der Waals surface area contributed by atoms with E-state index in [1.807, 2.05) is 6.92 Å². The zero-order valence-electron chi connectivity index (χ0n) is 11.7. The predicted molar refractivity (Wildman–Crippen MR) is 77.9 cm³/mol. The molecule has 0 saturated heterocycles. The number of carboxylic acid groups (broad SMARTS) is 1. The van der Waals surface area contributed by atoms with Crippen molar-refractivity contribution < 1.29 is 19.4 Å². The number of ether oxygens (including phenoxy) is 1. The molecule has 0 radical (unpaired) electrons. The third-order valence-corrected chi connectivity index (χ3v) is 4.00. The molecule has 21 heavy (non-hydrogen) atoms. The number of carboxylic acids is 1. The van der Waals surface area contributed by atoms with E-state index in [0.717, 1.165) is 10.9 Å². The zero-order valence-corrected chi connectivity index (χ0v) is 12.5. The van der Waals surface area contributed by atoms with Crippen LogP contribution in [0.2, 0.25) is 0 Å². The van der Waals surface area contributed by atoms with Crippen LogP contribution >= 0.6 is 11.3 Å². The summed E-state index contributed by atoms with van der Waals surface area (Å²) in [6, 6.07) is 0. The number of aliphatic carboxylic acids is 1. The maximum absolute atomic E-state index is 12.1. The third-order valence-electron chi connectivity index (χ3n) is 2.80. The number of nitrogens with one attached hydrogen (secondary N) is 1. The van der Waals surface area contributed by atoms with E-state index >= 15 is 0 Å². The smallest absolute Gasteiger partial charge is 0.305 e. The maximum Gasteiger partial charge on any atom is 0.305 e. The summed E-state index contributed by atoms with van der Waals surface area (Å²) in [6.07, 6.45) is 1.29. The molecule has 8 heteroatoms. The number of rotatable bonds is 6. The molecule has 0 atom stereocenters. The lowest BCUT2D eigenvalue weighted by molar-refractivity contribution is -0.136. The minimum atomic E-state index is -0.951. The topological polar surface area (TPSA) is 101 Å². The molecule has 112 valence electrons. The van der Waals surface area contributed by atoms with E-state index in [9.17, 15) is 9.59 Å². The number of fused-ring (bicyclic) bond motifs is 1. The molecule has 2 aromatic rings. The molecule has 0 spiro atoms. The Morgan fingerprint density at radius 2 is 2.19 bits per heavy atom. The molecule has 0 aliphatic rings. The van der Waals surface area contributed by atoms with Gasteiger partial charge in [-0.3, -0.25) is 9.59 Å². The lowest BCUT2D eigenvalue weighted by Gasteiger charge is -2.04. The first-order valence-corrected chi connectivity index (χ1v) is 7.23. The van der Waals surface area contributed by atoms with Gasteiger partial charge in [-0.15, -0.1) is 11.3 Å². The maximum atomic E-state index is 12.1. The van der Waals surface area contributed by atoms with Gasteiger partial charge in [0, 0.05) is 6.54 Å². The standard InChI is InChI=1S/C13H15N3O4S/c1-3-20-12-9-7(2)10(21-13(9)16-6-15-12)11(19)14-5-4-8(17)18/h6H,3-5H2,1-2H3,(H,14,19)(H,17,18). The minimum absolute atomic E-state index is 0.0891. The van der Waals surface area contributed by atoms with Gasteiger partial charge in [-0.05, 0) is 19.4 Å². The fourth-order valence-corrected chi connectivity index (χ4v) is 2.92. The summed E-state index contributed by atoms with van der Waals surface area (Å²) in [7, 11) is 0. The van der Waals surface area contributed by atoms with Crippen LogP contribution < -0.4 is 10.1 Å². The molecule has 0 aliphatic carbocycles. The highest BCUT2D eigenvalue weighted by Gasteiger charge is 2.19. The first kappa shape index (κ1) is 15.2. The van der Waals surface area contributed by atoms with Gasteiger partial charge in [-0.1, -0.05) is 0 Å². The molecule has 0 fully saturated rings. The van der Waals surface area contributed by atoms with Crippen molar-refractivity contribution >= 4 is 33.4 Å². The van der Waals surface area contributed by atoms with Gasteiger partial charge in [-0.25, -0.2) is 9.97 Å². The number of carbonyl (C=O) groups is 2. The number of hydrogen-bond acceptors (Lipinski definition) is 6. The number of nitrogens with zero attached hydrogens (tertiary/aromatic N) is 2. The molecule has 7 nitrogen and oxygen atoms in total. The van der Waals surface area contributed by atoms with Crippen molar-refractivity contribution in [3.8, 4) is 5.88 Å². The Hall–Kier alpha value is -2.22. The van der Waals surface area contributed by atoms with Gasteiger partial charge in [0.25, 0.3) is 5.91 Å². The van der Waals surface area contributed by atoms with Crippen LogP contribution in [-0.4, -0.2) is 40.1 Å². The van der Waals surface area contributed by atoms with Gasteiger partial charge in [-0.2, -0.15) is 0 Å². The Balaban J connectivity index is 2.28. The van der Waals surface area contributed by atoms with E-state index in [1.165, 1.54) is 17.7 Å². The van der Waals surface area contributed by atoms with E-state index in [4.69, 9.17) is 9.84 Å². The Kier molecular flexibility index (Phi) is 4.69. The molecule has 0 aromatic carbocycles. The van der Waals surface area contributed by atoms with Crippen molar-refractivity contribution in [1.82, 2.24) is 15.3 Å². The van der Waals surface area contributed by atoms with Crippen molar-refractivity contribution in [2.24, 2.45) is 0 Å². The van der Waals surface area contributed by atoms with Crippen LogP contribution in [0.1, 0.15) is 28.6 Å². The Morgan fingerprint density at radius 3 is 2.86 bits per heavy atom. The van der Waals surface area contributed by atoms with Gasteiger partial charge in [0.15, 0.2) is 0 Å².